The molecule has 4 heteroatoms. The SMILES string of the molecule is CC1CC(C(=O)O)CCN1Cc1cccc2cccnc12. The van der Waals surface area contributed by atoms with Crippen molar-refractivity contribution < 1.29 is 9.90 Å². The third kappa shape index (κ3) is 2.90. The first-order valence-electron chi connectivity index (χ1n) is 7.44. The molecule has 2 heterocycles. The maximum absolute atomic E-state index is 11.1. The summed E-state index contributed by atoms with van der Waals surface area (Å²) in [6.45, 7) is 3.79. The summed E-state index contributed by atoms with van der Waals surface area (Å²) in [4.78, 5) is 18.0. The number of hydrogen-bond acceptors (Lipinski definition) is 3. The number of likely N-dealkylation sites (tertiary alicyclic amines) is 1. The molecule has 4 nitrogen and oxygen atoms in total. The number of aliphatic carboxylic acids is 1. The lowest BCUT2D eigenvalue weighted by Gasteiger charge is -2.36. The fourth-order valence-corrected chi connectivity index (χ4v) is 3.19. The Kier molecular flexibility index (Phi) is 3.88. The van der Waals surface area contributed by atoms with E-state index in [4.69, 9.17) is 5.11 Å². The van der Waals surface area contributed by atoms with Gasteiger partial charge in [0.1, 0.15) is 0 Å². The van der Waals surface area contributed by atoms with Gasteiger partial charge in [0.15, 0.2) is 0 Å². The Labute approximate surface area is 124 Å². The van der Waals surface area contributed by atoms with Gasteiger partial charge in [0.25, 0.3) is 0 Å². The summed E-state index contributed by atoms with van der Waals surface area (Å²) < 4.78 is 0. The molecule has 0 spiro atoms. The minimum atomic E-state index is -0.659. The first-order chi connectivity index (χ1) is 10.1. The Balaban J connectivity index is 1.78. The molecule has 1 N–H and O–H groups in total. The van der Waals surface area contributed by atoms with Crippen molar-refractivity contribution in [3.63, 3.8) is 0 Å². The number of benzene rings is 1. The molecule has 2 unspecified atom stereocenters. The van der Waals surface area contributed by atoms with Crippen LogP contribution in [0.1, 0.15) is 25.3 Å². The van der Waals surface area contributed by atoms with Gasteiger partial charge in [-0.15, -0.1) is 0 Å². The van der Waals surface area contributed by atoms with Gasteiger partial charge >= 0.3 is 5.97 Å². The highest BCUT2D eigenvalue weighted by molar-refractivity contribution is 5.81. The minimum absolute atomic E-state index is 0.193. The molecule has 2 atom stereocenters. The van der Waals surface area contributed by atoms with Crippen LogP contribution < -0.4 is 0 Å². The van der Waals surface area contributed by atoms with Crippen molar-refractivity contribution >= 4 is 16.9 Å². The molecule has 1 aromatic carbocycles. The smallest absolute Gasteiger partial charge is 0.306 e. The lowest BCUT2D eigenvalue weighted by molar-refractivity contribution is -0.144. The highest BCUT2D eigenvalue weighted by Gasteiger charge is 2.29. The summed E-state index contributed by atoms with van der Waals surface area (Å²) in [7, 11) is 0. The van der Waals surface area contributed by atoms with Crippen LogP contribution in [0.5, 0.6) is 0 Å². The number of para-hydroxylation sites is 1. The van der Waals surface area contributed by atoms with Crippen LogP contribution in [0, 0.1) is 5.92 Å². The van der Waals surface area contributed by atoms with Gasteiger partial charge in [-0.25, -0.2) is 0 Å². The second-order valence-electron chi connectivity index (χ2n) is 5.87. The Morgan fingerprint density at radius 2 is 2.19 bits per heavy atom. The fraction of sp³-hybridized carbons (Fsp3) is 0.412. The molecule has 110 valence electrons. The maximum Gasteiger partial charge on any atom is 0.306 e. The van der Waals surface area contributed by atoms with E-state index < -0.39 is 5.97 Å². The van der Waals surface area contributed by atoms with Crippen LogP contribution in [0.25, 0.3) is 10.9 Å². The number of piperidine rings is 1. The molecule has 0 saturated carbocycles. The van der Waals surface area contributed by atoms with E-state index in [1.54, 1.807) is 0 Å². The Hall–Kier alpha value is -1.94. The largest absolute Gasteiger partial charge is 0.481 e. The first kappa shape index (κ1) is 14.0. The number of fused-ring (bicyclic) bond motifs is 1. The summed E-state index contributed by atoms with van der Waals surface area (Å²) in [5, 5.41) is 10.3. The summed E-state index contributed by atoms with van der Waals surface area (Å²) in [6, 6.07) is 10.6. The zero-order chi connectivity index (χ0) is 14.8. The van der Waals surface area contributed by atoms with Gasteiger partial charge in [0, 0.05) is 24.2 Å². The van der Waals surface area contributed by atoms with Crippen LogP contribution in [0.2, 0.25) is 0 Å². The number of carbonyl (C=O) groups is 1. The second-order valence-corrected chi connectivity index (χ2v) is 5.87. The number of pyridine rings is 1. The van der Waals surface area contributed by atoms with Gasteiger partial charge < -0.3 is 5.11 Å². The number of nitrogens with zero attached hydrogens (tertiary/aromatic N) is 2. The lowest BCUT2D eigenvalue weighted by Crippen LogP contribution is -2.42. The summed E-state index contributed by atoms with van der Waals surface area (Å²) in [6.07, 6.45) is 3.29. The van der Waals surface area contributed by atoms with E-state index in [1.165, 1.54) is 5.56 Å². The molecule has 0 aliphatic carbocycles. The summed E-state index contributed by atoms with van der Waals surface area (Å²) in [5.74, 6) is -0.852. The Morgan fingerprint density at radius 1 is 1.38 bits per heavy atom. The highest BCUT2D eigenvalue weighted by Crippen LogP contribution is 2.26. The summed E-state index contributed by atoms with van der Waals surface area (Å²) in [5.41, 5.74) is 2.27. The maximum atomic E-state index is 11.1. The molecule has 1 aliphatic rings. The quantitative estimate of drug-likeness (QED) is 0.941. The predicted molar refractivity (Wildman–Crippen MR) is 82.0 cm³/mol. The van der Waals surface area contributed by atoms with E-state index in [2.05, 4.69) is 41.1 Å². The molecule has 3 rings (SSSR count). The zero-order valence-corrected chi connectivity index (χ0v) is 12.2. The number of carboxylic acid groups (broad SMARTS) is 1. The van der Waals surface area contributed by atoms with Gasteiger partial charge in [0.2, 0.25) is 0 Å². The van der Waals surface area contributed by atoms with Crippen molar-refractivity contribution in [3.8, 4) is 0 Å². The van der Waals surface area contributed by atoms with E-state index in [-0.39, 0.29) is 5.92 Å². The van der Waals surface area contributed by atoms with E-state index in [1.807, 2.05) is 12.3 Å². The zero-order valence-electron chi connectivity index (χ0n) is 12.2. The third-order valence-electron chi connectivity index (χ3n) is 4.45. The van der Waals surface area contributed by atoms with E-state index in [0.29, 0.717) is 6.04 Å². The van der Waals surface area contributed by atoms with Crippen molar-refractivity contribution in [3.05, 3.63) is 42.1 Å². The number of aromatic nitrogens is 1. The normalized spacial score (nSPS) is 23.3. The van der Waals surface area contributed by atoms with Gasteiger partial charge in [-0.3, -0.25) is 14.7 Å². The molecule has 0 radical (unpaired) electrons. The van der Waals surface area contributed by atoms with Gasteiger partial charge in [-0.1, -0.05) is 24.3 Å². The van der Waals surface area contributed by atoms with Crippen molar-refractivity contribution in [2.24, 2.45) is 5.92 Å². The van der Waals surface area contributed by atoms with E-state index in [0.717, 1.165) is 36.8 Å². The number of hydrogen-bond donors (Lipinski definition) is 1. The fourth-order valence-electron chi connectivity index (χ4n) is 3.19. The van der Waals surface area contributed by atoms with E-state index >= 15 is 0 Å². The number of carboxylic acids is 1. The number of rotatable bonds is 3. The standard InChI is InChI=1S/C17H20N2O2/c1-12-10-14(17(20)21)7-9-19(12)11-15-5-2-4-13-6-3-8-18-16(13)15/h2-6,8,12,14H,7,9-11H2,1H3,(H,20,21). The first-order valence-corrected chi connectivity index (χ1v) is 7.44. The summed E-state index contributed by atoms with van der Waals surface area (Å²) >= 11 is 0. The molecule has 1 aromatic heterocycles. The third-order valence-corrected chi connectivity index (χ3v) is 4.45. The molecule has 1 saturated heterocycles. The van der Waals surface area contributed by atoms with Crippen LogP contribution in [0.4, 0.5) is 0 Å². The van der Waals surface area contributed by atoms with Gasteiger partial charge in [-0.2, -0.15) is 0 Å². The lowest BCUT2D eigenvalue weighted by atomic mass is 9.91. The Morgan fingerprint density at radius 3 is 2.95 bits per heavy atom. The highest BCUT2D eigenvalue weighted by atomic mass is 16.4. The van der Waals surface area contributed by atoms with E-state index in [9.17, 15) is 4.79 Å². The van der Waals surface area contributed by atoms with Crippen LogP contribution in [-0.4, -0.2) is 33.5 Å². The van der Waals surface area contributed by atoms with Crippen molar-refractivity contribution in [1.29, 1.82) is 0 Å². The van der Waals surface area contributed by atoms with Crippen LogP contribution in [-0.2, 0) is 11.3 Å². The molecule has 21 heavy (non-hydrogen) atoms. The molecule has 1 fully saturated rings. The average molecular weight is 284 g/mol. The molecule has 0 amide bonds. The van der Waals surface area contributed by atoms with Crippen molar-refractivity contribution in [2.45, 2.75) is 32.4 Å². The van der Waals surface area contributed by atoms with Gasteiger partial charge in [0.05, 0.1) is 11.4 Å². The molecule has 2 aromatic rings. The molecule has 1 aliphatic heterocycles. The van der Waals surface area contributed by atoms with Crippen LogP contribution in [0.15, 0.2) is 36.5 Å². The molecular formula is C17H20N2O2. The molecular weight excluding hydrogens is 264 g/mol. The second kappa shape index (κ2) is 5.82. The van der Waals surface area contributed by atoms with Crippen molar-refractivity contribution in [2.75, 3.05) is 6.54 Å². The van der Waals surface area contributed by atoms with Gasteiger partial charge in [-0.05, 0) is 37.9 Å². The molecule has 0 bridgehead atoms. The predicted octanol–water partition coefficient (Wildman–Crippen LogP) is 2.92. The Bertz CT molecular complexity index is 651. The topological polar surface area (TPSA) is 53.4 Å². The van der Waals surface area contributed by atoms with Crippen LogP contribution in [0.3, 0.4) is 0 Å². The van der Waals surface area contributed by atoms with Crippen molar-refractivity contribution in [1.82, 2.24) is 9.88 Å². The monoisotopic (exact) mass is 284 g/mol. The van der Waals surface area contributed by atoms with Crippen LogP contribution >= 0.6 is 0 Å². The average Bonchev–Trinajstić information content (AvgIpc) is 2.49. The minimum Gasteiger partial charge on any atom is -0.481 e.